The fourth-order valence-corrected chi connectivity index (χ4v) is 3.16. The quantitative estimate of drug-likeness (QED) is 0.581. The van der Waals surface area contributed by atoms with Gasteiger partial charge in [-0.25, -0.2) is 0 Å². The molecule has 1 heterocycles. The number of ether oxygens (including phenoxy) is 3. The molecule has 2 aromatic rings. The Morgan fingerprint density at radius 3 is 1.97 bits per heavy atom. The zero-order chi connectivity index (χ0) is 20.8. The van der Waals surface area contributed by atoms with Crippen LogP contribution < -0.4 is 14.2 Å². The second-order valence-corrected chi connectivity index (χ2v) is 6.73. The van der Waals surface area contributed by atoms with Crippen LogP contribution in [0.2, 0.25) is 0 Å². The molecular weight excluding hydrogens is 394 g/mol. The number of imide groups is 1. The number of rotatable bonds is 9. The maximum absolute atomic E-state index is 12.8. The van der Waals surface area contributed by atoms with Crippen LogP contribution in [0.5, 0.6) is 17.2 Å². The van der Waals surface area contributed by atoms with Crippen molar-refractivity contribution in [1.82, 2.24) is 4.90 Å². The Morgan fingerprint density at radius 2 is 1.38 bits per heavy atom. The summed E-state index contributed by atoms with van der Waals surface area (Å²) in [5.41, 5.74) is 0.777. The standard InChI is InChI=1S/C22H22ClNO5/c1-3-13-28-17-6-4-15(5-7-17)19-20(23)22(26)24(21(19)25)12-14-29-18-10-8-16(27-2)9-11-18/h4-11H,3,12-14H2,1-2H3. The third-order valence-corrected chi connectivity index (χ3v) is 4.72. The van der Waals surface area contributed by atoms with Crippen LogP contribution in [-0.2, 0) is 9.59 Å². The molecule has 0 saturated heterocycles. The second kappa shape index (κ2) is 9.47. The zero-order valence-corrected chi connectivity index (χ0v) is 17.1. The Morgan fingerprint density at radius 1 is 0.828 bits per heavy atom. The Balaban J connectivity index is 1.63. The summed E-state index contributed by atoms with van der Waals surface area (Å²) in [4.78, 5) is 26.3. The molecule has 0 spiro atoms. The van der Waals surface area contributed by atoms with Gasteiger partial charge in [-0.15, -0.1) is 0 Å². The number of carbonyl (C=O) groups excluding carboxylic acids is 2. The number of benzene rings is 2. The minimum absolute atomic E-state index is 0.0818. The molecule has 3 rings (SSSR count). The van der Waals surface area contributed by atoms with E-state index in [0.29, 0.717) is 29.4 Å². The van der Waals surface area contributed by atoms with E-state index in [9.17, 15) is 9.59 Å². The number of nitrogens with zero attached hydrogens (tertiary/aromatic N) is 1. The van der Waals surface area contributed by atoms with Gasteiger partial charge in [-0.05, 0) is 48.4 Å². The highest BCUT2D eigenvalue weighted by molar-refractivity contribution is 6.55. The molecule has 0 unspecified atom stereocenters. The zero-order valence-electron chi connectivity index (χ0n) is 16.3. The molecule has 0 radical (unpaired) electrons. The molecule has 152 valence electrons. The van der Waals surface area contributed by atoms with Gasteiger partial charge in [0.2, 0.25) is 0 Å². The summed E-state index contributed by atoms with van der Waals surface area (Å²) in [7, 11) is 1.58. The highest BCUT2D eigenvalue weighted by Gasteiger charge is 2.37. The molecule has 2 amide bonds. The Kier molecular flexibility index (Phi) is 6.77. The Labute approximate surface area is 174 Å². The summed E-state index contributed by atoms with van der Waals surface area (Å²) in [5.74, 6) is 1.09. The van der Waals surface area contributed by atoms with E-state index < -0.39 is 11.8 Å². The molecular formula is C22H22ClNO5. The molecule has 29 heavy (non-hydrogen) atoms. The van der Waals surface area contributed by atoms with Crippen LogP contribution in [0.25, 0.3) is 5.57 Å². The number of hydrogen-bond donors (Lipinski definition) is 0. The number of halogens is 1. The molecule has 0 bridgehead atoms. The van der Waals surface area contributed by atoms with Crippen LogP contribution >= 0.6 is 11.6 Å². The fraction of sp³-hybridized carbons (Fsp3) is 0.273. The summed E-state index contributed by atoms with van der Waals surface area (Å²) in [5, 5.41) is -0.0818. The number of amides is 2. The van der Waals surface area contributed by atoms with Crippen molar-refractivity contribution in [3.8, 4) is 17.2 Å². The van der Waals surface area contributed by atoms with Gasteiger partial charge in [0, 0.05) is 0 Å². The van der Waals surface area contributed by atoms with Crippen LogP contribution in [0.3, 0.4) is 0 Å². The lowest BCUT2D eigenvalue weighted by Crippen LogP contribution is -2.35. The first-order valence-electron chi connectivity index (χ1n) is 9.31. The molecule has 0 fully saturated rings. The molecule has 2 aromatic carbocycles. The van der Waals surface area contributed by atoms with Gasteiger partial charge in [0.05, 0.1) is 25.8 Å². The average Bonchev–Trinajstić information content (AvgIpc) is 2.96. The van der Waals surface area contributed by atoms with Crippen LogP contribution in [0.15, 0.2) is 53.6 Å². The predicted molar refractivity (Wildman–Crippen MR) is 110 cm³/mol. The van der Waals surface area contributed by atoms with Gasteiger partial charge in [-0.3, -0.25) is 14.5 Å². The van der Waals surface area contributed by atoms with Crippen LogP contribution in [0, 0.1) is 0 Å². The molecule has 6 nitrogen and oxygen atoms in total. The van der Waals surface area contributed by atoms with E-state index in [1.54, 1.807) is 55.6 Å². The maximum Gasteiger partial charge on any atom is 0.273 e. The molecule has 0 N–H and O–H groups in total. The van der Waals surface area contributed by atoms with Gasteiger partial charge in [-0.1, -0.05) is 30.7 Å². The van der Waals surface area contributed by atoms with Crippen LogP contribution in [-0.4, -0.2) is 43.6 Å². The lowest BCUT2D eigenvalue weighted by molar-refractivity contribution is -0.137. The maximum atomic E-state index is 12.8. The first kappa shape index (κ1) is 20.7. The highest BCUT2D eigenvalue weighted by atomic mass is 35.5. The number of carbonyl (C=O) groups is 2. The SMILES string of the molecule is CCCOc1ccc(C2=C(Cl)C(=O)N(CCOc3ccc(OC)cc3)C2=O)cc1. The monoisotopic (exact) mass is 415 g/mol. The molecule has 7 heteroatoms. The molecule has 0 aliphatic carbocycles. The summed E-state index contributed by atoms with van der Waals surface area (Å²) in [6.45, 7) is 2.89. The number of methoxy groups -OCH3 is 1. The summed E-state index contributed by atoms with van der Waals surface area (Å²) < 4.78 is 16.3. The summed E-state index contributed by atoms with van der Waals surface area (Å²) in [6, 6.07) is 14.0. The van der Waals surface area contributed by atoms with Gasteiger partial charge < -0.3 is 14.2 Å². The van der Waals surface area contributed by atoms with Crippen molar-refractivity contribution >= 4 is 29.0 Å². The third kappa shape index (κ3) is 4.71. The predicted octanol–water partition coefficient (Wildman–Crippen LogP) is 3.88. The Hall–Kier alpha value is -2.99. The van der Waals surface area contributed by atoms with Crippen molar-refractivity contribution in [3.63, 3.8) is 0 Å². The van der Waals surface area contributed by atoms with Crippen LogP contribution in [0.4, 0.5) is 0 Å². The van der Waals surface area contributed by atoms with E-state index in [0.717, 1.165) is 11.3 Å². The second-order valence-electron chi connectivity index (χ2n) is 6.35. The molecule has 1 aliphatic rings. The first-order chi connectivity index (χ1) is 14.0. The minimum Gasteiger partial charge on any atom is -0.497 e. The van der Waals surface area contributed by atoms with Crippen LogP contribution in [0.1, 0.15) is 18.9 Å². The first-order valence-corrected chi connectivity index (χ1v) is 9.69. The van der Waals surface area contributed by atoms with Crippen molar-refractivity contribution in [2.75, 3.05) is 26.9 Å². The summed E-state index contributed by atoms with van der Waals surface area (Å²) >= 11 is 6.19. The lowest BCUT2D eigenvalue weighted by Gasteiger charge is -2.15. The van der Waals surface area contributed by atoms with Gasteiger partial charge in [0.15, 0.2) is 0 Å². The van der Waals surface area contributed by atoms with E-state index in [1.807, 2.05) is 6.92 Å². The van der Waals surface area contributed by atoms with Gasteiger partial charge >= 0.3 is 0 Å². The number of hydrogen-bond acceptors (Lipinski definition) is 5. The van der Waals surface area contributed by atoms with E-state index in [-0.39, 0.29) is 23.8 Å². The third-order valence-electron chi connectivity index (χ3n) is 4.37. The fourth-order valence-electron chi connectivity index (χ4n) is 2.86. The van der Waals surface area contributed by atoms with Crippen molar-refractivity contribution < 1.29 is 23.8 Å². The topological polar surface area (TPSA) is 65.1 Å². The van der Waals surface area contributed by atoms with Crippen molar-refractivity contribution in [2.24, 2.45) is 0 Å². The molecule has 1 aliphatic heterocycles. The van der Waals surface area contributed by atoms with E-state index in [1.165, 1.54) is 0 Å². The van der Waals surface area contributed by atoms with E-state index >= 15 is 0 Å². The smallest absolute Gasteiger partial charge is 0.273 e. The van der Waals surface area contributed by atoms with E-state index in [4.69, 9.17) is 25.8 Å². The lowest BCUT2D eigenvalue weighted by atomic mass is 10.1. The molecule has 0 aromatic heterocycles. The van der Waals surface area contributed by atoms with Gasteiger partial charge in [-0.2, -0.15) is 0 Å². The van der Waals surface area contributed by atoms with Crippen molar-refractivity contribution in [2.45, 2.75) is 13.3 Å². The Bertz CT molecular complexity index is 906. The normalized spacial score (nSPS) is 13.8. The molecule has 0 saturated carbocycles. The average molecular weight is 416 g/mol. The minimum atomic E-state index is -0.517. The molecule has 0 atom stereocenters. The van der Waals surface area contributed by atoms with Crippen molar-refractivity contribution in [3.05, 3.63) is 59.1 Å². The highest BCUT2D eigenvalue weighted by Crippen LogP contribution is 2.32. The summed E-state index contributed by atoms with van der Waals surface area (Å²) in [6.07, 6.45) is 0.902. The van der Waals surface area contributed by atoms with Crippen molar-refractivity contribution in [1.29, 1.82) is 0 Å². The van der Waals surface area contributed by atoms with Gasteiger partial charge in [0.25, 0.3) is 11.8 Å². The van der Waals surface area contributed by atoms with Gasteiger partial charge in [0.1, 0.15) is 28.9 Å². The largest absolute Gasteiger partial charge is 0.497 e. The van der Waals surface area contributed by atoms with E-state index in [2.05, 4.69) is 0 Å².